The zero-order chi connectivity index (χ0) is 14.4. The zero-order valence-electron chi connectivity index (χ0n) is 11.8. The molecule has 108 valence electrons. The van der Waals surface area contributed by atoms with Crippen molar-refractivity contribution >= 4 is 11.6 Å². The maximum Gasteiger partial charge on any atom is 0.179 e. The van der Waals surface area contributed by atoms with Crippen LogP contribution in [-0.4, -0.2) is 33.0 Å². The van der Waals surface area contributed by atoms with Crippen molar-refractivity contribution in [1.82, 2.24) is 0 Å². The van der Waals surface area contributed by atoms with E-state index in [2.05, 4.69) is 0 Å². The predicted octanol–water partition coefficient (Wildman–Crippen LogP) is 3.06. The van der Waals surface area contributed by atoms with E-state index in [0.29, 0.717) is 28.7 Å². The van der Waals surface area contributed by atoms with Crippen LogP contribution in [0, 0.1) is 5.92 Å². The quantitative estimate of drug-likeness (QED) is 0.838. The molecule has 0 aromatic heterocycles. The third-order valence-electron chi connectivity index (χ3n) is 3.15. The van der Waals surface area contributed by atoms with Crippen LogP contribution in [0.3, 0.4) is 0 Å². The average Bonchev–Trinajstić information content (AvgIpc) is 2.43. The summed E-state index contributed by atoms with van der Waals surface area (Å²) in [7, 11) is 4.71. The van der Waals surface area contributed by atoms with Crippen molar-refractivity contribution in [3.8, 4) is 11.5 Å². The number of aliphatic hydroxyl groups excluding tert-OH is 1. The molecule has 1 aromatic carbocycles. The van der Waals surface area contributed by atoms with Gasteiger partial charge in [-0.3, -0.25) is 0 Å². The fraction of sp³-hybridized carbons (Fsp3) is 0.571. The van der Waals surface area contributed by atoms with Gasteiger partial charge < -0.3 is 19.3 Å². The van der Waals surface area contributed by atoms with Crippen LogP contribution in [0.1, 0.15) is 25.0 Å². The molecule has 0 saturated carbocycles. The summed E-state index contributed by atoms with van der Waals surface area (Å²) in [6.45, 7) is 2.56. The lowest BCUT2D eigenvalue weighted by molar-refractivity contribution is 0.0884. The number of ether oxygens (including phenoxy) is 3. The number of hydrogen-bond acceptors (Lipinski definition) is 4. The highest BCUT2D eigenvalue weighted by Crippen LogP contribution is 2.41. The van der Waals surface area contributed by atoms with Crippen LogP contribution in [0.15, 0.2) is 12.1 Å². The smallest absolute Gasteiger partial charge is 0.179 e. The largest absolute Gasteiger partial charge is 0.493 e. The summed E-state index contributed by atoms with van der Waals surface area (Å²) >= 11 is 6.27. The number of halogens is 1. The van der Waals surface area contributed by atoms with Gasteiger partial charge in [-0.15, -0.1) is 0 Å². The second kappa shape index (κ2) is 7.58. The van der Waals surface area contributed by atoms with E-state index >= 15 is 0 Å². The van der Waals surface area contributed by atoms with Crippen molar-refractivity contribution in [2.45, 2.75) is 19.4 Å². The summed E-state index contributed by atoms with van der Waals surface area (Å²) in [5, 5.41) is 10.7. The predicted molar refractivity (Wildman–Crippen MR) is 75.2 cm³/mol. The first-order valence-electron chi connectivity index (χ1n) is 6.14. The van der Waals surface area contributed by atoms with Crippen LogP contribution >= 0.6 is 11.6 Å². The summed E-state index contributed by atoms with van der Waals surface area (Å²) < 4.78 is 15.4. The van der Waals surface area contributed by atoms with Crippen LogP contribution < -0.4 is 9.47 Å². The molecule has 0 saturated heterocycles. The van der Waals surface area contributed by atoms with Gasteiger partial charge in [0, 0.05) is 19.3 Å². The number of benzene rings is 1. The highest BCUT2D eigenvalue weighted by Gasteiger charge is 2.22. The summed E-state index contributed by atoms with van der Waals surface area (Å²) in [5.41, 5.74) is 0.642. The maximum atomic E-state index is 10.3. The number of aliphatic hydroxyl groups is 1. The maximum absolute atomic E-state index is 10.3. The van der Waals surface area contributed by atoms with E-state index < -0.39 is 6.10 Å². The molecule has 0 aliphatic rings. The molecule has 0 radical (unpaired) electrons. The number of rotatable bonds is 7. The Morgan fingerprint density at radius 1 is 1.21 bits per heavy atom. The zero-order valence-corrected chi connectivity index (χ0v) is 12.5. The fourth-order valence-corrected chi connectivity index (χ4v) is 2.25. The first-order valence-corrected chi connectivity index (χ1v) is 6.52. The lowest BCUT2D eigenvalue weighted by atomic mass is 9.94. The first kappa shape index (κ1) is 16.1. The van der Waals surface area contributed by atoms with Gasteiger partial charge in [0.25, 0.3) is 0 Å². The van der Waals surface area contributed by atoms with Gasteiger partial charge >= 0.3 is 0 Å². The fourth-order valence-electron chi connectivity index (χ4n) is 1.90. The standard InChI is InChI=1S/C14H21ClO4/c1-9(7-8-17-2)13(16)10-5-6-11(18-3)14(19-4)12(10)15/h5-6,9,13,16H,7-8H2,1-4H3. The second-order valence-electron chi connectivity index (χ2n) is 4.41. The molecular weight excluding hydrogens is 268 g/mol. The van der Waals surface area contributed by atoms with E-state index in [1.54, 1.807) is 26.4 Å². The SMILES string of the molecule is COCCC(C)C(O)c1ccc(OC)c(OC)c1Cl. The molecule has 4 nitrogen and oxygen atoms in total. The Balaban J connectivity index is 3.00. The van der Waals surface area contributed by atoms with E-state index in [9.17, 15) is 5.11 Å². The molecular formula is C14H21ClO4. The molecule has 0 aliphatic carbocycles. The summed E-state index contributed by atoms with van der Waals surface area (Å²) in [6, 6.07) is 3.50. The van der Waals surface area contributed by atoms with Crippen molar-refractivity contribution in [2.75, 3.05) is 27.9 Å². The molecule has 19 heavy (non-hydrogen) atoms. The van der Waals surface area contributed by atoms with Gasteiger partial charge in [-0.1, -0.05) is 24.6 Å². The van der Waals surface area contributed by atoms with E-state index in [1.165, 1.54) is 7.11 Å². The van der Waals surface area contributed by atoms with Gasteiger partial charge in [0.2, 0.25) is 0 Å². The molecule has 1 aromatic rings. The van der Waals surface area contributed by atoms with Crippen molar-refractivity contribution in [3.63, 3.8) is 0 Å². The van der Waals surface area contributed by atoms with Crippen molar-refractivity contribution in [2.24, 2.45) is 5.92 Å². The van der Waals surface area contributed by atoms with Crippen LogP contribution in [0.25, 0.3) is 0 Å². The summed E-state index contributed by atoms with van der Waals surface area (Å²) in [5.74, 6) is 1.03. The number of methoxy groups -OCH3 is 3. The minimum atomic E-state index is -0.664. The van der Waals surface area contributed by atoms with Crippen molar-refractivity contribution in [3.05, 3.63) is 22.7 Å². The monoisotopic (exact) mass is 288 g/mol. The third kappa shape index (κ3) is 3.75. The van der Waals surface area contributed by atoms with Gasteiger partial charge in [-0.25, -0.2) is 0 Å². The van der Waals surface area contributed by atoms with Crippen LogP contribution in [-0.2, 0) is 4.74 Å². The minimum absolute atomic E-state index is 0.0375. The molecule has 2 unspecified atom stereocenters. The van der Waals surface area contributed by atoms with Gasteiger partial charge in [0.1, 0.15) is 0 Å². The summed E-state index contributed by atoms with van der Waals surface area (Å²) in [6.07, 6.45) is 0.0879. The Morgan fingerprint density at radius 2 is 1.89 bits per heavy atom. The van der Waals surface area contributed by atoms with Gasteiger partial charge in [0.05, 0.1) is 25.3 Å². The van der Waals surface area contributed by atoms with E-state index in [1.807, 2.05) is 6.92 Å². The molecule has 0 spiro atoms. The molecule has 0 heterocycles. The van der Waals surface area contributed by atoms with Gasteiger partial charge in [-0.05, 0) is 18.4 Å². The van der Waals surface area contributed by atoms with Gasteiger partial charge in [-0.2, -0.15) is 0 Å². The number of hydrogen-bond donors (Lipinski definition) is 1. The Hall–Kier alpha value is -0.970. The Kier molecular flexibility index (Phi) is 6.42. The topological polar surface area (TPSA) is 47.9 Å². The van der Waals surface area contributed by atoms with E-state index in [-0.39, 0.29) is 5.92 Å². The van der Waals surface area contributed by atoms with Gasteiger partial charge in [0.15, 0.2) is 11.5 Å². The Labute approximate surface area is 119 Å². The van der Waals surface area contributed by atoms with Crippen LogP contribution in [0.5, 0.6) is 11.5 Å². The highest BCUT2D eigenvalue weighted by molar-refractivity contribution is 6.33. The normalized spacial score (nSPS) is 14.0. The molecule has 1 N–H and O–H groups in total. The average molecular weight is 289 g/mol. The molecule has 0 aliphatic heterocycles. The highest BCUT2D eigenvalue weighted by atomic mass is 35.5. The Bertz CT molecular complexity index is 409. The molecule has 2 atom stereocenters. The third-order valence-corrected chi connectivity index (χ3v) is 3.54. The van der Waals surface area contributed by atoms with Crippen molar-refractivity contribution in [1.29, 1.82) is 0 Å². The van der Waals surface area contributed by atoms with Crippen molar-refractivity contribution < 1.29 is 19.3 Å². The lowest BCUT2D eigenvalue weighted by Gasteiger charge is -2.21. The van der Waals surface area contributed by atoms with E-state index in [4.69, 9.17) is 25.8 Å². The van der Waals surface area contributed by atoms with Crippen LogP contribution in [0.2, 0.25) is 5.02 Å². The first-order chi connectivity index (χ1) is 9.06. The molecule has 1 rings (SSSR count). The molecule has 0 fully saturated rings. The Morgan fingerprint density at radius 3 is 2.42 bits per heavy atom. The minimum Gasteiger partial charge on any atom is -0.493 e. The summed E-state index contributed by atoms with van der Waals surface area (Å²) in [4.78, 5) is 0. The molecule has 0 bridgehead atoms. The second-order valence-corrected chi connectivity index (χ2v) is 4.79. The molecule has 5 heteroatoms. The lowest BCUT2D eigenvalue weighted by Crippen LogP contribution is -2.12. The van der Waals surface area contributed by atoms with Crippen LogP contribution in [0.4, 0.5) is 0 Å². The van der Waals surface area contributed by atoms with E-state index in [0.717, 1.165) is 6.42 Å². The molecule has 0 amide bonds.